The maximum atomic E-state index is 13.8. The second kappa shape index (κ2) is 11.8. The highest BCUT2D eigenvalue weighted by Gasteiger charge is 2.48. The molecule has 5 rings (SSSR count). The van der Waals surface area contributed by atoms with E-state index in [-0.39, 0.29) is 18.4 Å². The maximum absolute atomic E-state index is 13.8. The molecule has 0 spiro atoms. The summed E-state index contributed by atoms with van der Waals surface area (Å²) in [5.41, 5.74) is 3.36. The first-order valence-electron chi connectivity index (χ1n) is 13.4. The van der Waals surface area contributed by atoms with Crippen molar-refractivity contribution in [1.82, 2.24) is 4.90 Å². The van der Waals surface area contributed by atoms with Crippen LogP contribution in [0.1, 0.15) is 48.4 Å². The number of amides is 1. The van der Waals surface area contributed by atoms with Crippen LogP contribution in [-0.4, -0.2) is 48.1 Å². The van der Waals surface area contributed by atoms with Gasteiger partial charge in [-0.2, -0.15) is 0 Å². The SMILES string of the molecule is CCCCN(C(=O)CN1CC(c2ccc3c(c2)CCO3)C(C(=O)O)C1c1ccc(F)cc1)c1cccc(Cl)c1. The Morgan fingerprint density at radius 1 is 1.10 bits per heavy atom. The van der Waals surface area contributed by atoms with Crippen LogP contribution in [0.2, 0.25) is 5.02 Å². The molecule has 1 fully saturated rings. The Morgan fingerprint density at radius 2 is 1.87 bits per heavy atom. The number of ether oxygens (including phenoxy) is 1. The Bertz CT molecular complexity index is 1350. The van der Waals surface area contributed by atoms with E-state index < -0.39 is 23.7 Å². The zero-order valence-electron chi connectivity index (χ0n) is 21.9. The Labute approximate surface area is 232 Å². The first kappa shape index (κ1) is 27.2. The van der Waals surface area contributed by atoms with E-state index in [1.807, 2.05) is 35.2 Å². The molecule has 0 saturated carbocycles. The van der Waals surface area contributed by atoms with Gasteiger partial charge in [0, 0.05) is 42.2 Å². The summed E-state index contributed by atoms with van der Waals surface area (Å²) in [4.78, 5) is 30.3. The lowest BCUT2D eigenvalue weighted by atomic mass is 9.82. The quantitative estimate of drug-likeness (QED) is 0.349. The number of carboxylic acids is 1. The van der Waals surface area contributed by atoms with Crippen LogP contribution in [0.5, 0.6) is 5.75 Å². The molecule has 2 aliphatic rings. The van der Waals surface area contributed by atoms with E-state index in [0.29, 0.717) is 36.0 Å². The predicted octanol–water partition coefficient (Wildman–Crippen LogP) is 6.09. The fraction of sp³-hybridized carbons (Fsp3) is 0.355. The number of carbonyl (C=O) groups excluding carboxylic acids is 1. The highest BCUT2D eigenvalue weighted by Crippen LogP contribution is 2.47. The molecule has 0 aliphatic carbocycles. The van der Waals surface area contributed by atoms with Crippen molar-refractivity contribution in [3.8, 4) is 5.75 Å². The van der Waals surface area contributed by atoms with E-state index in [9.17, 15) is 19.1 Å². The van der Waals surface area contributed by atoms with Crippen molar-refractivity contribution in [2.75, 3.05) is 31.1 Å². The number of hydrogen-bond acceptors (Lipinski definition) is 4. The first-order chi connectivity index (χ1) is 18.9. The van der Waals surface area contributed by atoms with Crippen molar-refractivity contribution in [2.24, 2.45) is 5.92 Å². The lowest BCUT2D eigenvalue weighted by Gasteiger charge is -2.30. The predicted molar refractivity (Wildman–Crippen MR) is 149 cm³/mol. The first-order valence-corrected chi connectivity index (χ1v) is 13.8. The zero-order chi connectivity index (χ0) is 27.5. The highest BCUT2D eigenvalue weighted by atomic mass is 35.5. The Balaban J connectivity index is 1.50. The number of hydrogen-bond donors (Lipinski definition) is 1. The summed E-state index contributed by atoms with van der Waals surface area (Å²) in [5.74, 6) is -1.82. The molecule has 204 valence electrons. The van der Waals surface area contributed by atoms with Crippen LogP contribution in [-0.2, 0) is 16.0 Å². The molecule has 1 amide bonds. The van der Waals surface area contributed by atoms with Gasteiger partial charge in [0.1, 0.15) is 11.6 Å². The third kappa shape index (κ3) is 5.80. The van der Waals surface area contributed by atoms with Crippen molar-refractivity contribution >= 4 is 29.2 Å². The normalized spacial score (nSPS) is 20.4. The molecule has 39 heavy (non-hydrogen) atoms. The van der Waals surface area contributed by atoms with Gasteiger partial charge >= 0.3 is 5.97 Å². The monoisotopic (exact) mass is 550 g/mol. The van der Waals surface area contributed by atoms with E-state index in [0.717, 1.165) is 36.1 Å². The summed E-state index contributed by atoms with van der Waals surface area (Å²) >= 11 is 6.24. The standard InChI is InChI=1S/C31H32ClFN2O4/c1-2-3-14-35(25-6-4-5-23(32)17-25)28(36)19-34-18-26(21-9-12-27-22(16-21)13-15-39-27)29(31(37)38)30(34)20-7-10-24(33)11-8-20/h4-12,16-17,26,29-30H,2-3,13-15,18-19H2,1H3,(H,37,38). The van der Waals surface area contributed by atoms with E-state index in [1.165, 1.54) is 12.1 Å². The number of anilines is 1. The average Bonchev–Trinajstić information content (AvgIpc) is 3.54. The van der Waals surface area contributed by atoms with Crippen LogP contribution in [0.3, 0.4) is 0 Å². The number of nitrogens with zero attached hydrogens (tertiary/aromatic N) is 2. The largest absolute Gasteiger partial charge is 0.493 e. The average molecular weight is 551 g/mol. The molecular weight excluding hydrogens is 519 g/mol. The topological polar surface area (TPSA) is 70.1 Å². The molecule has 2 aliphatic heterocycles. The van der Waals surface area contributed by atoms with Crippen LogP contribution in [0.25, 0.3) is 0 Å². The van der Waals surface area contributed by atoms with Crippen LogP contribution in [0.4, 0.5) is 10.1 Å². The fourth-order valence-corrected chi connectivity index (χ4v) is 6.03. The minimum absolute atomic E-state index is 0.0204. The van der Waals surface area contributed by atoms with Gasteiger partial charge in [-0.05, 0) is 59.5 Å². The Kier molecular flexibility index (Phi) is 8.19. The lowest BCUT2D eigenvalue weighted by molar-refractivity contribution is -0.143. The molecule has 6 nitrogen and oxygen atoms in total. The van der Waals surface area contributed by atoms with Gasteiger partial charge < -0.3 is 14.7 Å². The molecule has 0 aromatic heterocycles. The van der Waals surface area contributed by atoms with Crippen molar-refractivity contribution < 1.29 is 23.8 Å². The summed E-state index contributed by atoms with van der Waals surface area (Å²) in [6, 6.07) is 18.4. The molecule has 1 saturated heterocycles. The van der Waals surface area contributed by atoms with Gasteiger partial charge in [0.2, 0.25) is 5.91 Å². The van der Waals surface area contributed by atoms with E-state index in [2.05, 4.69) is 6.92 Å². The van der Waals surface area contributed by atoms with E-state index in [4.69, 9.17) is 16.3 Å². The minimum Gasteiger partial charge on any atom is -0.493 e. The van der Waals surface area contributed by atoms with Crippen molar-refractivity contribution in [2.45, 2.75) is 38.1 Å². The molecule has 3 unspecified atom stereocenters. The van der Waals surface area contributed by atoms with Crippen molar-refractivity contribution in [1.29, 1.82) is 0 Å². The smallest absolute Gasteiger partial charge is 0.309 e. The second-order valence-corrected chi connectivity index (χ2v) is 10.7. The van der Waals surface area contributed by atoms with Crippen LogP contribution >= 0.6 is 11.6 Å². The van der Waals surface area contributed by atoms with Crippen molar-refractivity contribution in [3.63, 3.8) is 0 Å². The summed E-state index contributed by atoms with van der Waals surface area (Å²) in [5, 5.41) is 11.0. The summed E-state index contributed by atoms with van der Waals surface area (Å²) < 4.78 is 19.5. The number of carboxylic acid groups (broad SMARTS) is 1. The summed E-state index contributed by atoms with van der Waals surface area (Å²) in [6.45, 7) is 3.60. The number of carbonyl (C=O) groups is 2. The zero-order valence-corrected chi connectivity index (χ0v) is 22.6. The van der Waals surface area contributed by atoms with Crippen LogP contribution in [0, 0.1) is 11.7 Å². The number of unbranched alkanes of at least 4 members (excludes halogenated alkanes) is 1. The summed E-state index contributed by atoms with van der Waals surface area (Å²) in [7, 11) is 0. The molecule has 3 atom stereocenters. The molecule has 1 N–H and O–H groups in total. The molecule has 3 aromatic carbocycles. The number of fused-ring (bicyclic) bond motifs is 1. The van der Waals surface area contributed by atoms with Gasteiger partial charge in [-0.1, -0.05) is 55.3 Å². The number of rotatable bonds is 9. The summed E-state index contributed by atoms with van der Waals surface area (Å²) in [6.07, 6.45) is 2.51. The fourth-order valence-electron chi connectivity index (χ4n) is 5.84. The van der Waals surface area contributed by atoms with E-state index >= 15 is 0 Å². The third-order valence-electron chi connectivity index (χ3n) is 7.73. The Morgan fingerprint density at radius 3 is 2.59 bits per heavy atom. The van der Waals surface area contributed by atoms with Crippen molar-refractivity contribution in [3.05, 3.63) is 94.3 Å². The number of benzene rings is 3. The van der Waals surface area contributed by atoms with Crippen LogP contribution in [0.15, 0.2) is 66.7 Å². The Hall–Kier alpha value is -3.42. The highest BCUT2D eigenvalue weighted by molar-refractivity contribution is 6.30. The molecule has 0 radical (unpaired) electrons. The van der Waals surface area contributed by atoms with Gasteiger partial charge in [0.05, 0.1) is 19.1 Å². The van der Waals surface area contributed by atoms with Gasteiger partial charge in [-0.3, -0.25) is 14.5 Å². The number of halogens is 2. The van der Waals surface area contributed by atoms with Gasteiger partial charge in [-0.25, -0.2) is 4.39 Å². The minimum atomic E-state index is -0.946. The van der Waals surface area contributed by atoms with Gasteiger partial charge in [0.15, 0.2) is 0 Å². The number of likely N-dealkylation sites (tertiary alicyclic amines) is 1. The second-order valence-electron chi connectivity index (χ2n) is 10.2. The van der Waals surface area contributed by atoms with Gasteiger partial charge in [0.25, 0.3) is 0 Å². The molecule has 2 heterocycles. The molecule has 8 heteroatoms. The van der Waals surface area contributed by atoms with Gasteiger partial charge in [-0.15, -0.1) is 0 Å². The van der Waals surface area contributed by atoms with E-state index in [1.54, 1.807) is 29.2 Å². The number of aliphatic carboxylic acids is 1. The molecular formula is C31H32ClFN2O4. The molecule has 0 bridgehead atoms. The maximum Gasteiger partial charge on any atom is 0.309 e. The van der Waals surface area contributed by atoms with Crippen LogP contribution < -0.4 is 9.64 Å². The lowest BCUT2D eigenvalue weighted by Crippen LogP contribution is -2.41. The molecule has 3 aromatic rings. The third-order valence-corrected chi connectivity index (χ3v) is 7.97.